The maximum Gasteiger partial charge on any atom is 0.133 e. The van der Waals surface area contributed by atoms with Gasteiger partial charge in [0.1, 0.15) is 11.5 Å². The smallest absolute Gasteiger partial charge is 0.133 e. The standard InChI is InChI=1S/C16H19BrN2O2/c1-10-4-6-14(20-2)12(8-10)16(19-18)11-5-7-15(21-3)13(17)9-11/h4-9,16,19H,18H2,1-3H3. The van der Waals surface area contributed by atoms with E-state index in [1.807, 2.05) is 37.3 Å². The first-order valence-corrected chi connectivity index (χ1v) is 7.34. The fourth-order valence-corrected chi connectivity index (χ4v) is 2.87. The minimum Gasteiger partial charge on any atom is -0.496 e. The van der Waals surface area contributed by atoms with Crippen molar-refractivity contribution in [2.75, 3.05) is 14.2 Å². The topological polar surface area (TPSA) is 56.5 Å². The summed E-state index contributed by atoms with van der Waals surface area (Å²) in [4.78, 5) is 0. The molecule has 0 spiro atoms. The molecule has 2 rings (SSSR count). The second kappa shape index (κ2) is 6.93. The Morgan fingerprint density at radius 3 is 2.29 bits per heavy atom. The molecule has 0 aliphatic rings. The summed E-state index contributed by atoms with van der Waals surface area (Å²) in [6, 6.07) is 11.8. The molecule has 0 heterocycles. The van der Waals surface area contributed by atoms with E-state index in [0.717, 1.165) is 32.7 Å². The summed E-state index contributed by atoms with van der Waals surface area (Å²) in [6.07, 6.45) is 0. The number of hydrogen-bond donors (Lipinski definition) is 2. The zero-order valence-corrected chi connectivity index (χ0v) is 13.9. The number of aryl methyl sites for hydroxylation is 1. The fourth-order valence-electron chi connectivity index (χ4n) is 2.31. The van der Waals surface area contributed by atoms with Gasteiger partial charge in [0.25, 0.3) is 0 Å². The Hall–Kier alpha value is -1.56. The summed E-state index contributed by atoms with van der Waals surface area (Å²) in [5.74, 6) is 7.36. The van der Waals surface area contributed by atoms with Gasteiger partial charge in [0.15, 0.2) is 0 Å². The van der Waals surface area contributed by atoms with Crippen LogP contribution in [0.15, 0.2) is 40.9 Å². The van der Waals surface area contributed by atoms with E-state index < -0.39 is 0 Å². The molecule has 112 valence electrons. The Morgan fingerprint density at radius 2 is 1.71 bits per heavy atom. The lowest BCUT2D eigenvalue weighted by Gasteiger charge is -2.21. The molecule has 0 aromatic heterocycles. The maximum absolute atomic E-state index is 5.78. The van der Waals surface area contributed by atoms with E-state index >= 15 is 0 Å². The van der Waals surface area contributed by atoms with E-state index in [9.17, 15) is 0 Å². The Kier molecular flexibility index (Phi) is 5.22. The third-order valence-corrected chi connectivity index (χ3v) is 3.99. The normalized spacial score (nSPS) is 12.0. The number of hydrazine groups is 1. The van der Waals surface area contributed by atoms with E-state index in [0.29, 0.717) is 0 Å². The molecule has 5 heteroatoms. The van der Waals surface area contributed by atoms with Gasteiger partial charge in [-0.3, -0.25) is 5.84 Å². The Morgan fingerprint density at radius 1 is 1.05 bits per heavy atom. The number of hydrogen-bond acceptors (Lipinski definition) is 4. The van der Waals surface area contributed by atoms with Gasteiger partial charge in [0.2, 0.25) is 0 Å². The molecule has 0 aliphatic carbocycles. The van der Waals surface area contributed by atoms with Crippen molar-refractivity contribution in [1.82, 2.24) is 5.43 Å². The first-order valence-electron chi connectivity index (χ1n) is 6.54. The summed E-state index contributed by atoms with van der Waals surface area (Å²) in [5, 5.41) is 0. The van der Waals surface area contributed by atoms with Crippen LogP contribution in [0.5, 0.6) is 11.5 Å². The zero-order chi connectivity index (χ0) is 15.4. The molecule has 0 aliphatic heterocycles. The molecule has 0 bridgehead atoms. The van der Waals surface area contributed by atoms with Crippen LogP contribution < -0.4 is 20.7 Å². The van der Waals surface area contributed by atoms with Gasteiger partial charge in [-0.25, -0.2) is 5.43 Å². The van der Waals surface area contributed by atoms with Gasteiger partial charge >= 0.3 is 0 Å². The molecule has 0 fully saturated rings. The average molecular weight is 351 g/mol. The van der Waals surface area contributed by atoms with Crippen molar-refractivity contribution in [3.05, 3.63) is 57.6 Å². The SMILES string of the molecule is COc1ccc(C(NN)c2cc(C)ccc2OC)cc1Br. The molecule has 1 atom stereocenters. The first kappa shape index (κ1) is 15.8. The summed E-state index contributed by atoms with van der Waals surface area (Å²) in [7, 11) is 3.30. The van der Waals surface area contributed by atoms with E-state index in [1.165, 1.54) is 0 Å². The number of methoxy groups -OCH3 is 2. The summed E-state index contributed by atoms with van der Waals surface area (Å²) < 4.78 is 11.6. The third-order valence-electron chi connectivity index (χ3n) is 3.37. The molecular weight excluding hydrogens is 332 g/mol. The Bertz CT molecular complexity index is 632. The van der Waals surface area contributed by atoms with Crippen molar-refractivity contribution in [3.8, 4) is 11.5 Å². The lowest BCUT2D eigenvalue weighted by molar-refractivity contribution is 0.403. The molecule has 1 unspecified atom stereocenters. The van der Waals surface area contributed by atoms with Gasteiger partial charge in [0, 0.05) is 5.56 Å². The second-order valence-corrected chi connectivity index (χ2v) is 5.59. The highest BCUT2D eigenvalue weighted by molar-refractivity contribution is 9.10. The zero-order valence-electron chi connectivity index (χ0n) is 12.3. The number of nitrogens with two attached hydrogens (primary N) is 1. The summed E-state index contributed by atoms with van der Waals surface area (Å²) in [6.45, 7) is 2.04. The molecular formula is C16H19BrN2O2. The van der Waals surface area contributed by atoms with Crippen molar-refractivity contribution in [2.24, 2.45) is 5.84 Å². The predicted molar refractivity (Wildman–Crippen MR) is 87.6 cm³/mol. The molecule has 4 nitrogen and oxygen atoms in total. The monoisotopic (exact) mass is 350 g/mol. The molecule has 21 heavy (non-hydrogen) atoms. The molecule has 0 saturated carbocycles. The van der Waals surface area contributed by atoms with Gasteiger partial charge in [-0.2, -0.15) is 0 Å². The van der Waals surface area contributed by atoms with Crippen LogP contribution in [0.1, 0.15) is 22.7 Å². The van der Waals surface area contributed by atoms with Gasteiger partial charge < -0.3 is 9.47 Å². The van der Waals surface area contributed by atoms with Crippen LogP contribution in [0.2, 0.25) is 0 Å². The molecule has 3 N–H and O–H groups in total. The number of nitrogens with one attached hydrogen (secondary N) is 1. The van der Waals surface area contributed by atoms with E-state index in [4.69, 9.17) is 15.3 Å². The van der Waals surface area contributed by atoms with Gasteiger partial charge in [-0.15, -0.1) is 0 Å². The predicted octanol–water partition coefficient (Wildman–Crippen LogP) is 3.33. The van der Waals surface area contributed by atoms with Gasteiger partial charge in [-0.1, -0.05) is 23.8 Å². The highest BCUT2D eigenvalue weighted by Gasteiger charge is 2.18. The first-order chi connectivity index (χ1) is 10.1. The second-order valence-electron chi connectivity index (χ2n) is 4.74. The average Bonchev–Trinajstić information content (AvgIpc) is 2.48. The van der Waals surface area contributed by atoms with E-state index in [2.05, 4.69) is 27.4 Å². The quantitative estimate of drug-likeness (QED) is 0.641. The van der Waals surface area contributed by atoms with Crippen molar-refractivity contribution >= 4 is 15.9 Å². The van der Waals surface area contributed by atoms with Crippen molar-refractivity contribution in [1.29, 1.82) is 0 Å². The van der Waals surface area contributed by atoms with Crippen LogP contribution in [0, 0.1) is 6.92 Å². The minimum absolute atomic E-state index is 0.165. The van der Waals surface area contributed by atoms with Crippen LogP contribution in [-0.2, 0) is 0 Å². The number of ether oxygens (including phenoxy) is 2. The summed E-state index contributed by atoms with van der Waals surface area (Å²) in [5.41, 5.74) is 6.03. The van der Waals surface area contributed by atoms with Crippen LogP contribution in [-0.4, -0.2) is 14.2 Å². The fraction of sp³-hybridized carbons (Fsp3) is 0.250. The highest BCUT2D eigenvalue weighted by Crippen LogP contribution is 2.34. The Labute approximate surface area is 133 Å². The van der Waals surface area contributed by atoms with Gasteiger partial charge in [0.05, 0.1) is 24.7 Å². The van der Waals surface area contributed by atoms with Crippen LogP contribution >= 0.6 is 15.9 Å². The van der Waals surface area contributed by atoms with Crippen molar-refractivity contribution in [2.45, 2.75) is 13.0 Å². The number of benzene rings is 2. The van der Waals surface area contributed by atoms with Crippen molar-refractivity contribution in [3.63, 3.8) is 0 Å². The van der Waals surface area contributed by atoms with E-state index in [1.54, 1.807) is 14.2 Å². The van der Waals surface area contributed by atoms with E-state index in [-0.39, 0.29) is 6.04 Å². The number of halogens is 1. The van der Waals surface area contributed by atoms with Crippen LogP contribution in [0.25, 0.3) is 0 Å². The minimum atomic E-state index is -0.165. The lowest BCUT2D eigenvalue weighted by atomic mass is 9.97. The molecule has 0 radical (unpaired) electrons. The third kappa shape index (κ3) is 3.37. The molecule has 0 saturated heterocycles. The van der Waals surface area contributed by atoms with Crippen LogP contribution in [0.4, 0.5) is 0 Å². The van der Waals surface area contributed by atoms with Crippen molar-refractivity contribution < 1.29 is 9.47 Å². The number of rotatable bonds is 5. The molecule has 0 amide bonds. The Balaban J connectivity index is 2.49. The molecule has 2 aromatic rings. The van der Waals surface area contributed by atoms with Gasteiger partial charge in [-0.05, 0) is 46.6 Å². The largest absolute Gasteiger partial charge is 0.496 e. The maximum atomic E-state index is 5.78. The lowest BCUT2D eigenvalue weighted by Crippen LogP contribution is -2.29. The molecule has 2 aromatic carbocycles. The highest BCUT2D eigenvalue weighted by atomic mass is 79.9. The summed E-state index contributed by atoms with van der Waals surface area (Å²) >= 11 is 3.50. The van der Waals surface area contributed by atoms with Crippen LogP contribution in [0.3, 0.4) is 0 Å².